The van der Waals surface area contributed by atoms with Crippen LogP contribution >= 0.6 is 0 Å². The van der Waals surface area contributed by atoms with Gasteiger partial charge in [0.1, 0.15) is 0 Å². The molecule has 82 valence electrons. The molecule has 0 saturated heterocycles. The highest BCUT2D eigenvalue weighted by atomic mass is 16.5. The number of hydrogen-bond acceptors (Lipinski definition) is 2. The number of carbonyl (C=O) groups excluding carboxylic acids is 1. The number of aryl methyl sites for hydroxylation is 1. The smallest absolute Gasteiger partial charge is 0.407 e. The van der Waals surface area contributed by atoms with Gasteiger partial charge >= 0.3 is 6.09 Å². The van der Waals surface area contributed by atoms with Crippen LogP contribution in [0.3, 0.4) is 0 Å². The van der Waals surface area contributed by atoms with Crippen LogP contribution in [0.4, 0.5) is 4.79 Å². The third-order valence-corrected chi connectivity index (χ3v) is 2.21. The molecule has 1 unspecified atom stereocenters. The van der Waals surface area contributed by atoms with Crippen LogP contribution < -0.4 is 5.32 Å². The number of carbonyl (C=O) groups is 1. The first-order chi connectivity index (χ1) is 7.11. The summed E-state index contributed by atoms with van der Waals surface area (Å²) in [6, 6.07) is 8.37. The average Bonchev–Trinajstić information content (AvgIpc) is 2.21. The van der Waals surface area contributed by atoms with Crippen molar-refractivity contribution < 1.29 is 9.53 Å². The zero-order valence-corrected chi connectivity index (χ0v) is 9.41. The van der Waals surface area contributed by atoms with Crippen LogP contribution in [0.5, 0.6) is 0 Å². The molecule has 1 atom stereocenters. The van der Waals surface area contributed by atoms with E-state index >= 15 is 0 Å². The van der Waals surface area contributed by atoms with Crippen molar-refractivity contribution in [1.29, 1.82) is 0 Å². The van der Waals surface area contributed by atoms with E-state index in [-0.39, 0.29) is 12.1 Å². The second-order valence-corrected chi connectivity index (χ2v) is 3.73. The molecule has 1 rings (SSSR count). The molecule has 15 heavy (non-hydrogen) atoms. The maximum atomic E-state index is 10.9. The van der Waals surface area contributed by atoms with Gasteiger partial charge in [0, 0.05) is 6.04 Å². The van der Waals surface area contributed by atoms with Gasteiger partial charge in [-0.2, -0.15) is 0 Å². The predicted molar refractivity (Wildman–Crippen MR) is 59.9 cm³/mol. The Morgan fingerprint density at radius 2 is 2.00 bits per heavy atom. The van der Waals surface area contributed by atoms with E-state index in [1.54, 1.807) is 0 Å². The monoisotopic (exact) mass is 207 g/mol. The maximum absolute atomic E-state index is 10.9. The zero-order valence-electron chi connectivity index (χ0n) is 9.41. The summed E-state index contributed by atoms with van der Waals surface area (Å²) in [6.45, 7) is 4.01. The molecule has 1 N–H and O–H groups in total. The molecule has 1 amide bonds. The molecule has 0 aliphatic carbocycles. The fourth-order valence-corrected chi connectivity index (χ4v) is 1.39. The maximum Gasteiger partial charge on any atom is 0.407 e. The van der Waals surface area contributed by atoms with E-state index in [0.29, 0.717) is 0 Å². The van der Waals surface area contributed by atoms with E-state index in [1.165, 1.54) is 18.2 Å². The SMILES string of the molecule is COC(=O)NC(C)Cc1ccc(C)cc1. The summed E-state index contributed by atoms with van der Waals surface area (Å²) in [4.78, 5) is 10.9. The van der Waals surface area contributed by atoms with Crippen LogP contribution in [0.25, 0.3) is 0 Å². The first-order valence-corrected chi connectivity index (χ1v) is 5.02. The standard InChI is InChI=1S/C12H17NO2/c1-9-4-6-11(7-5-9)8-10(2)13-12(14)15-3/h4-7,10H,8H2,1-3H3,(H,13,14). The van der Waals surface area contributed by atoms with E-state index in [0.717, 1.165) is 6.42 Å². The zero-order chi connectivity index (χ0) is 11.3. The minimum Gasteiger partial charge on any atom is -0.453 e. The fraction of sp³-hybridized carbons (Fsp3) is 0.417. The van der Waals surface area contributed by atoms with Gasteiger partial charge in [0.05, 0.1) is 7.11 Å². The van der Waals surface area contributed by atoms with Crippen LogP contribution in [0.2, 0.25) is 0 Å². The lowest BCUT2D eigenvalue weighted by atomic mass is 10.1. The second kappa shape index (κ2) is 5.39. The van der Waals surface area contributed by atoms with Crippen molar-refractivity contribution in [1.82, 2.24) is 5.32 Å². The predicted octanol–water partition coefficient (Wildman–Crippen LogP) is 2.28. The van der Waals surface area contributed by atoms with E-state index < -0.39 is 0 Å². The Balaban J connectivity index is 2.47. The summed E-state index contributed by atoms with van der Waals surface area (Å²) in [5.74, 6) is 0. The molecule has 0 fully saturated rings. The molecule has 0 bridgehead atoms. The number of alkyl carbamates (subject to hydrolysis) is 1. The van der Waals surface area contributed by atoms with E-state index in [1.807, 2.05) is 6.92 Å². The number of nitrogens with one attached hydrogen (secondary N) is 1. The lowest BCUT2D eigenvalue weighted by Gasteiger charge is -2.12. The molecule has 3 nitrogen and oxygen atoms in total. The van der Waals surface area contributed by atoms with Crippen LogP contribution in [0.15, 0.2) is 24.3 Å². The van der Waals surface area contributed by atoms with Crippen molar-refractivity contribution in [3.05, 3.63) is 35.4 Å². The molecular formula is C12H17NO2. The van der Waals surface area contributed by atoms with Crippen molar-refractivity contribution in [3.63, 3.8) is 0 Å². The molecule has 0 aliphatic rings. The van der Waals surface area contributed by atoms with Crippen molar-refractivity contribution in [2.75, 3.05) is 7.11 Å². The largest absolute Gasteiger partial charge is 0.453 e. The van der Waals surface area contributed by atoms with Crippen molar-refractivity contribution >= 4 is 6.09 Å². The summed E-state index contributed by atoms with van der Waals surface area (Å²) < 4.78 is 4.53. The third kappa shape index (κ3) is 4.02. The minimum absolute atomic E-state index is 0.0835. The fourth-order valence-electron chi connectivity index (χ4n) is 1.39. The second-order valence-electron chi connectivity index (χ2n) is 3.73. The highest BCUT2D eigenvalue weighted by Gasteiger charge is 2.07. The van der Waals surface area contributed by atoms with E-state index in [4.69, 9.17) is 0 Å². The van der Waals surface area contributed by atoms with Crippen LogP contribution in [-0.2, 0) is 11.2 Å². The summed E-state index contributed by atoms with van der Waals surface area (Å²) in [7, 11) is 1.37. The molecule has 0 saturated carbocycles. The minimum atomic E-state index is -0.380. The summed E-state index contributed by atoms with van der Waals surface area (Å²) in [5.41, 5.74) is 2.46. The Morgan fingerprint density at radius 1 is 1.40 bits per heavy atom. The van der Waals surface area contributed by atoms with Gasteiger partial charge in [0.15, 0.2) is 0 Å². The molecule has 0 aliphatic heterocycles. The molecule has 1 aromatic rings. The Hall–Kier alpha value is -1.51. The van der Waals surface area contributed by atoms with Gasteiger partial charge in [-0.1, -0.05) is 29.8 Å². The third-order valence-electron chi connectivity index (χ3n) is 2.21. The van der Waals surface area contributed by atoms with E-state index in [9.17, 15) is 4.79 Å². The van der Waals surface area contributed by atoms with Crippen LogP contribution in [-0.4, -0.2) is 19.2 Å². The Bertz CT molecular complexity index is 319. The number of benzene rings is 1. The summed E-state index contributed by atoms with van der Waals surface area (Å²) in [6.07, 6.45) is 0.435. The van der Waals surface area contributed by atoms with Gasteiger partial charge in [-0.15, -0.1) is 0 Å². The molecule has 0 aromatic heterocycles. The van der Waals surface area contributed by atoms with Gasteiger partial charge in [-0.3, -0.25) is 0 Å². The summed E-state index contributed by atoms with van der Waals surface area (Å²) >= 11 is 0. The van der Waals surface area contributed by atoms with E-state index in [2.05, 4.69) is 41.2 Å². The Morgan fingerprint density at radius 3 is 2.53 bits per heavy atom. The number of methoxy groups -OCH3 is 1. The normalized spacial score (nSPS) is 11.9. The van der Waals surface area contributed by atoms with Crippen molar-refractivity contribution in [2.45, 2.75) is 26.3 Å². The number of amides is 1. The summed E-state index contributed by atoms with van der Waals surface area (Å²) in [5, 5.41) is 2.73. The number of hydrogen-bond donors (Lipinski definition) is 1. The van der Waals surface area contributed by atoms with Crippen LogP contribution in [0.1, 0.15) is 18.1 Å². The van der Waals surface area contributed by atoms with Gasteiger partial charge in [0.25, 0.3) is 0 Å². The number of rotatable bonds is 3. The van der Waals surface area contributed by atoms with Gasteiger partial charge in [0.2, 0.25) is 0 Å². The Labute approximate surface area is 90.4 Å². The van der Waals surface area contributed by atoms with Gasteiger partial charge in [-0.05, 0) is 25.8 Å². The molecule has 0 radical (unpaired) electrons. The molecule has 3 heteroatoms. The molecule has 0 heterocycles. The molecule has 1 aromatic carbocycles. The van der Waals surface area contributed by atoms with Gasteiger partial charge in [-0.25, -0.2) is 4.79 Å². The van der Waals surface area contributed by atoms with Crippen molar-refractivity contribution in [2.24, 2.45) is 0 Å². The quantitative estimate of drug-likeness (QED) is 0.825. The highest BCUT2D eigenvalue weighted by Crippen LogP contribution is 2.05. The van der Waals surface area contributed by atoms with Crippen molar-refractivity contribution in [3.8, 4) is 0 Å². The number of ether oxygens (including phenoxy) is 1. The lowest BCUT2D eigenvalue weighted by molar-refractivity contribution is 0.167. The van der Waals surface area contributed by atoms with Gasteiger partial charge < -0.3 is 10.1 Å². The first kappa shape index (κ1) is 11.6. The lowest BCUT2D eigenvalue weighted by Crippen LogP contribution is -2.33. The molecule has 0 spiro atoms. The Kier molecular flexibility index (Phi) is 4.16. The van der Waals surface area contributed by atoms with Crippen LogP contribution in [0, 0.1) is 6.92 Å². The average molecular weight is 207 g/mol. The highest BCUT2D eigenvalue weighted by molar-refractivity contribution is 5.67. The molecular weight excluding hydrogens is 190 g/mol. The first-order valence-electron chi connectivity index (χ1n) is 5.02. The topological polar surface area (TPSA) is 38.3 Å².